The molecule has 0 aliphatic heterocycles. The number of phenols is 1. The number of hydrogen-bond acceptors (Lipinski definition) is 5. The van der Waals surface area contributed by atoms with E-state index >= 15 is 0 Å². The third kappa shape index (κ3) is 4.01. The number of nitro benzene ring substituents is 1. The summed E-state index contributed by atoms with van der Waals surface area (Å²) in [5.74, 6) is -0.383. The van der Waals surface area contributed by atoms with Crippen LogP contribution in [0.5, 0.6) is 5.75 Å². The quantitative estimate of drug-likeness (QED) is 0.349. The van der Waals surface area contributed by atoms with E-state index < -0.39 is 10.8 Å². The van der Waals surface area contributed by atoms with E-state index in [0.29, 0.717) is 9.13 Å². The Morgan fingerprint density at radius 3 is 2.77 bits per heavy atom. The number of carbonyl (C=O) groups is 1. The first-order chi connectivity index (χ1) is 10.5. The lowest BCUT2D eigenvalue weighted by Crippen LogP contribution is -2.17. The Morgan fingerprint density at radius 2 is 2.09 bits per heavy atom. The highest BCUT2D eigenvalue weighted by Gasteiger charge is 2.10. The van der Waals surface area contributed by atoms with Gasteiger partial charge < -0.3 is 5.11 Å². The smallest absolute Gasteiger partial charge is 0.271 e. The molecule has 8 heteroatoms. The zero-order valence-electron chi connectivity index (χ0n) is 11.1. The van der Waals surface area contributed by atoms with Crippen molar-refractivity contribution in [1.82, 2.24) is 5.43 Å². The number of hydrogen-bond donors (Lipinski definition) is 2. The molecule has 112 valence electrons. The Kier molecular flexibility index (Phi) is 5.04. The number of nitrogens with zero attached hydrogens (tertiary/aromatic N) is 2. The number of halogens is 1. The minimum Gasteiger partial charge on any atom is -0.507 e. The van der Waals surface area contributed by atoms with Crippen LogP contribution in [0.1, 0.15) is 15.9 Å². The van der Waals surface area contributed by atoms with Crippen molar-refractivity contribution >= 4 is 40.4 Å². The number of hydrazone groups is 1. The van der Waals surface area contributed by atoms with Crippen molar-refractivity contribution in [3.63, 3.8) is 0 Å². The fourth-order valence-corrected chi connectivity index (χ4v) is 2.13. The van der Waals surface area contributed by atoms with Gasteiger partial charge in [0.05, 0.1) is 14.7 Å². The number of carbonyl (C=O) groups excluding carboxylic acids is 1. The highest BCUT2D eigenvalue weighted by Crippen LogP contribution is 2.19. The van der Waals surface area contributed by atoms with Crippen molar-refractivity contribution in [3.05, 3.63) is 67.3 Å². The van der Waals surface area contributed by atoms with Crippen LogP contribution in [-0.2, 0) is 0 Å². The van der Waals surface area contributed by atoms with Crippen LogP contribution < -0.4 is 5.43 Å². The average molecular weight is 411 g/mol. The molecule has 0 aliphatic carbocycles. The van der Waals surface area contributed by atoms with E-state index in [-0.39, 0.29) is 17.0 Å². The maximum atomic E-state index is 11.8. The van der Waals surface area contributed by atoms with Crippen molar-refractivity contribution in [2.75, 3.05) is 0 Å². The van der Waals surface area contributed by atoms with Gasteiger partial charge in [-0.1, -0.05) is 6.07 Å². The van der Waals surface area contributed by atoms with Gasteiger partial charge in [0.25, 0.3) is 11.6 Å². The second-order valence-corrected chi connectivity index (χ2v) is 5.38. The molecule has 0 aliphatic rings. The van der Waals surface area contributed by atoms with Crippen LogP contribution in [-0.4, -0.2) is 22.2 Å². The van der Waals surface area contributed by atoms with Crippen LogP contribution in [0.25, 0.3) is 0 Å². The van der Waals surface area contributed by atoms with Crippen LogP contribution in [0.2, 0.25) is 0 Å². The summed E-state index contributed by atoms with van der Waals surface area (Å²) in [4.78, 5) is 21.9. The summed E-state index contributed by atoms with van der Waals surface area (Å²) >= 11 is 1.97. The lowest BCUT2D eigenvalue weighted by Gasteiger charge is -2.00. The van der Waals surface area contributed by atoms with Gasteiger partial charge in [0.1, 0.15) is 5.75 Å². The van der Waals surface area contributed by atoms with Gasteiger partial charge in [-0.05, 0) is 52.4 Å². The number of amides is 1. The van der Waals surface area contributed by atoms with Crippen LogP contribution in [0.4, 0.5) is 5.69 Å². The Bertz CT molecular complexity index is 762. The number of rotatable bonds is 4. The second-order valence-electron chi connectivity index (χ2n) is 4.22. The molecule has 0 spiro atoms. The number of non-ortho nitro benzene ring substituents is 1. The number of phenolic OH excluding ortho intramolecular Hbond substituents is 1. The van der Waals surface area contributed by atoms with Crippen molar-refractivity contribution in [3.8, 4) is 5.75 Å². The Hall–Kier alpha value is -2.49. The van der Waals surface area contributed by atoms with Crippen molar-refractivity contribution in [1.29, 1.82) is 0 Å². The molecule has 0 heterocycles. The first-order valence-corrected chi connectivity index (χ1v) is 7.11. The summed E-state index contributed by atoms with van der Waals surface area (Å²) in [6.07, 6.45) is 1.41. The molecular weight excluding hydrogens is 401 g/mol. The zero-order chi connectivity index (χ0) is 16.1. The van der Waals surface area contributed by atoms with Gasteiger partial charge in [-0.15, -0.1) is 0 Å². The highest BCUT2D eigenvalue weighted by atomic mass is 127. The van der Waals surface area contributed by atoms with E-state index in [2.05, 4.69) is 10.5 Å². The third-order valence-corrected chi connectivity index (χ3v) is 3.53. The zero-order valence-corrected chi connectivity index (χ0v) is 13.2. The van der Waals surface area contributed by atoms with Crippen molar-refractivity contribution in [2.45, 2.75) is 0 Å². The second kappa shape index (κ2) is 6.98. The molecule has 22 heavy (non-hydrogen) atoms. The van der Waals surface area contributed by atoms with Crippen LogP contribution in [0.15, 0.2) is 47.6 Å². The van der Waals surface area contributed by atoms with E-state index in [9.17, 15) is 20.0 Å². The normalized spacial score (nSPS) is 10.6. The fourth-order valence-electron chi connectivity index (χ4n) is 1.59. The summed E-state index contributed by atoms with van der Waals surface area (Å²) in [6.45, 7) is 0. The van der Waals surface area contributed by atoms with Crippen LogP contribution >= 0.6 is 22.6 Å². The lowest BCUT2D eigenvalue weighted by molar-refractivity contribution is -0.384. The van der Waals surface area contributed by atoms with Gasteiger partial charge in [-0.2, -0.15) is 5.10 Å². The Balaban J connectivity index is 2.06. The lowest BCUT2D eigenvalue weighted by atomic mass is 10.2. The third-order valence-electron chi connectivity index (χ3n) is 2.67. The molecule has 0 saturated carbocycles. The maximum absolute atomic E-state index is 11.8. The Labute approximate surface area is 139 Å². The number of nitro groups is 1. The van der Waals surface area contributed by atoms with Crippen molar-refractivity contribution in [2.24, 2.45) is 5.10 Å². The van der Waals surface area contributed by atoms with Gasteiger partial charge in [-0.3, -0.25) is 14.9 Å². The van der Waals surface area contributed by atoms with Crippen LogP contribution in [0.3, 0.4) is 0 Å². The van der Waals surface area contributed by atoms with Crippen molar-refractivity contribution < 1.29 is 14.8 Å². The van der Waals surface area contributed by atoms with Gasteiger partial charge in [0, 0.05) is 17.7 Å². The number of nitrogens with one attached hydrogen (secondary N) is 1. The topological polar surface area (TPSA) is 105 Å². The van der Waals surface area contributed by atoms with Crippen LogP contribution in [0, 0.1) is 13.7 Å². The minimum atomic E-state index is -0.571. The predicted octanol–water partition coefficient (Wildman–Crippen LogP) is 2.67. The molecule has 2 aromatic rings. The van der Waals surface area contributed by atoms with Gasteiger partial charge in [-0.25, -0.2) is 5.43 Å². The minimum absolute atomic E-state index is 0.145. The molecule has 0 bridgehead atoms. The standard InChI is InChI=1S/C14H10IN3O4/c15-12-6-9(4-5-13(12)19)8-16-17-14(20)10-2-1-3-11(7-10)18(21)22/h1-8,19H,(H,17,20)/b16-8+. The summed E-state index contributed by atoms with van der Waals surface area (Å²) in [6, 6.07) is 10.2. The molecule has 2 rings (SSSR count). The monoisotopic (exact) mass is 411 g/mol. The van der Waals surface area contributed by atoms with E-state index in [1.165, 1.54) is 36.5 Å². The molecular formula is C14H10IN3O4. The van der Waals surface area contributed by atoms with E-state index in [1.54, 1.807) is 12.1 Å². The molecule has 0 atom stereocenters. The molecule has 0 fully saturated rings. The predicted molar refractivity (Wildman–Crippen MR) is 89.0 cm³/mol. The molecule has 0 unspecified atom stereocenters. The molecule has 2 aromatic carbocycles. The first kappa shape index (κ1) is 15.9. The molecule has 0 saturated heterocycles. The molecule has 0 aromatic heterocycles. The van der Waals surface area contributed by atoms with Gasteiger partial charge in [0.2, 0.25) is 0 Å². The summed E-state index contributed by atoms with van der Waals surface area (Å²) in [5, 5.41) is 23.8. The van der Waals surface area contributed by atoms with E-state index in [0.717, 1.165) is 0 Å². The molecule has 0 radical (unpaired) electrons. The average Bonchev–Trinajstić information content (AvgIpc) is 2.51. The fraction of sp³-hybridized carbons (Fsp3) is 0. The first-order valence-electron chi connectivity index (χ1n) is 6.04. The summed E-state index contributed by atoms with van der Waals surface area (Å²) in [5.41, 5.74) is 2.97. The van der Waals surface area contributed by atoms with E-state index in [4.69, 9.17) is 0 Å². The Morgan fingerprint density at radius 1 is 1.32 bits per heavy atom. The summed E-state index contributed by atoms with van der Waals surface area (Å²) in [7, 11) is 0. The molecule has 2 N–H and O–H groups in total. The SMILES string of the molecule is O=C(N/N=C/c1ccc(O)c(I)c1)c1cccc([N+](=O)[O-])c1. The van der Waals surface area contributed by atoms with Gasteiger partial charge >= 0.3 is 0 Å². The molecule has 7 nitrogen and oxygen atoms in total. The van der Waals surface area contributed by atoms with Gasteiger partial charge in [0.15, 0.2) is 0 Å². The number of aromatic hydroxyl groups is 1. The number of benzene rings is 2. The maximum Gasteiger partial charge on any atom is 0.271 e. The van der Waals surface area contributed by atoms with E-state index in [1.807, 2.05) is 22.6 Å². The molecule has 1 amide bonds. The summed E-state index contributed by atoms with van der Waals surface area (Å²) < 4.78 is 0.659. The highest BCUT2D eigenvalue weighted by molar-refractivity contribution is 14.1. The largest absolute Gasteiger partial charge is 0.507 e.